The highest BCUT2D eigenvalue weighted by Crippen LogP contribution is 1.99. The van der Waals surface area contributed by atoms with E-state index in [2.05, 4.69) is 0 Å². The standard InChI is InChI=1S/C7H19N3.4H2O/c8-5-1-3-7(10)4-2-6-9;;;;/h7H,1-6,8-10H2;4*1H2. The number of hydrogen-bond donors (Lipinski definition) is 3. The summed E-state index contributed by atoms with van der Waals surface area (Å²) in [5.41, 5.74) is 16.4. The summed E-state index contributed by atoms with van der Waals surface area (Å²) < 4.78 is 0. The average molecular weight is 217 g/mol. The van der Waals surface area contributed by atoms with Gasteiger partial charge in [0.1, 0.15) is 0 Å². The van der Waals surface area contributed by atoms with Crippen LogP contribution in [-0.2, 0) is 0 Å². The van der Waals surface area contributed by atoms with Gasteiger partial charge in [-0.05, 0) is 38.8 Å². The molecule has 7 nitrogen and oxygen atoms in total. The second-order valence-corrected chi connectivity index (χ2v) is 2.62. The van der Waals surface area contributed by atoms with Crippen LogP contribution in [0.25, 0.3) is 0 Å². The summed E-state index contributed by atoms with van der Waals surface area (Å²) in [4.78, 5) is 0. The Balaban J connectivity index is -0.0000000675. The molecule has 0 saturated heterocycles. The van der Waals surface area contributed by atoms with Crippen LogP contribution in [0.5, 0.6) is 0 Å². The first-order valence-corrected chi connectivity index (χ1v) is 3.97. The van der Waals surface area contributed by atoms with Crippen molar-refractivity contribution in [2.75, 3.05) is 13.1 Å². The lowest BCUT2D eigenvalue weighted by atomic mass is 10.1. The van der Waals surface area contributed by atoms with Crippen molar-refractivity contribution in [2.45, 2.75) is 31.7 Å². The highest BCUT2D eigenvalue weighted by molar-refractivity contribution is 4.61. The van der Waals surface area contributed by atoms with Crippen LogP contribution in [-0.4, -0.2) is 41.0 Å². The van der Waals surface area contributed by atoms with Gasteiger partial charge in [0.05, 0.1) is 0 Å². The molecule has 94 valence electrons. The Labute approximate surface area is 84.9 Å². The molecule has 0 aliphatic rings. The Morgan fingerprint density at radius 2 is 1.00 bits per heavy atom. The van der Waals surface area contributed by atoms with E-state index in [9.17, 15) is 0 Å². The van der Waals surface area contributed by atoms with Crippen molar-refractivity contribution >= 4 is 0 Å². The monoisotopic (exact) mass is 217 g/mol. The van der Waals surface area contributed by atoms with E-state index in [1.165, 1.54) is 0 Å². The maximum atomic E-state index is 5.73. The molecule has 0 aromatic carbocycles. The van der Waals surface area contributed by atoms with Gasteiger partial charge in [0.25, 0.3) is 0 Å². The van der Waals surface area contributed by atoms with Crippen LogP contribution >= 0.6 is 0 Å². The van der Waals surface area contributed by atoms with Crippen LogP contribution in [0, 0.1) is 0 Å². The van der Waals surface area contributed by atoms with Gasteiger partial charge in [-0.2, -0.15) is 0 Å². The van der Waals surface area contributed by atoms with Gasteiger partial charge in [-0.25, -0.2) is 0 Å². The van der Waals surface area contributed by atoms with Crippen molar-refractivity contribution in [3.63, 3.8) is 0 Å². The van der Waals surface area contributed by atoms with Gasteiger partial charge in [0, 0.05) is 6.04 Å². The van der Waals surface area contributed by atoms with Crippen LogP contribution in [0.2, 0.25) is 0 Å². The Kier molecular flexibility index (Phi) is 47.9. The van der Waals surface area contributed by atoms with Gasteiger partial charge >= 0.3 is 0 Å². The fourth-order valence-electron chi connectivity index (χ4n) is 0.904. The van der Waals surface area contributed by atoms with Crippen LogP contribution in [0.4, 0.5) is 0 Å². The van der Waals surface area contributed by atoms with Gasteiger partial charge in [0.2, 0.25) is 0 Å². The van der Waals surface area contributed by atoms with Crippen molar-refractivity contribution < 1.29 is 21.9 Å². The van der Waals surface area contributed by atoms with Crippen molar-refractivity contribution in [2.24, 2.45) is 17.2 Å². The summed E-state index contributed by atoms with van der Waals surface area (Å²) in [6.07, 6.45) is 4.14. The molecule has 0 fully saturated rings. The zero-order valence-corrected chi connectivity index (χ0v) is 8.55. The topological polar surface area (TPSA) is 204 Å². The molecule has 14 heavy (non-hydrogen) atoms. The summed E-state index contributed by atoms with van der Waals surface area (Å²) in [5, 5.41) is 0. The van der Waals surface area contributed by atoms with E-state index in [1.807, 2.05) is 0 Å². The van der Waals surface area contributed by atoms with Crippen LogP contribution < -0.4 is 17.2 Å². The Hall–Kier alpha value is -0.280. The number of rotatable bonds is 6. The Bertz CT molecular complexity index is 70.0. The minimum atomic E-state index is 0. The summed E-state index contributed by atoms with van der Waals surface area (Å²) in [6, 6.07) is 0.312. The molecule has 0 unspecified atom stereocenters. The first-order valence-electron chi connectivity index (χ1n) is 3.97. The molecule has 0 atom stereocenters. The quantitative estimate of drug-likeness (QED) is 0.414. The first kappa shape index (κ1) is 29.2. The number of hydrogen-bond acceptors (Lipinski definition) is 3. The first-order chi connectivity index (χ1) is 4.81. The van der Waals surface area contributed by atoms with E-state index in [-0.39, 0.29) is 21.9 Å². The smallest absolute Gasteiger partial charge is 0.00397 e. The summed E-state index contributed by atoms with van der Waals surface area (Å²) in [5.74, 6) is 0. The molecule has 0 rings (SSSR count). The normalized spacial score (nSPS) is 7.71. The van der Waals surface area contributed by atoms with Crippen molar-refractivity contribution in [3.8, 4) is 0 Å². The third kappa shape index (κ3) is 22.6. The molecule has 7 heteroatoms. The second kappa shape index (κ2) is 23.0. The zero-order valence-electron chi connectivity index (χ0n) is 8.55. The molecule has 0 spiro atoms. The fraction of sp³-hybridized carbons (Fsp3) is 1.00. The maximum absolute atomic E-state index is 5.73. The number of nitrogens with two attached hydrogens (primary N) is 3. The molecule has 0 amide bonds. The predicted molar refractivity (Wildman–Crippen MR) is 59.0 cm³/mol. The SMILES string of the molecule is NCCCC(N)CCCN.O.O.O.O. The molecule has 0 aromatic rings. The average Bonchev–Trinajstić information content (AvgIpc) is 1.97. The van der Waals surface area contributed by atoms with Crippen LogP contribution in [0.3, 0.4) is 0 Å². The van der Waals surface area contributed by atoms with Gasteiger partial charge < -0.3 is 39.1 Å². The highest BCUT2D eigenvalue weighted by Gasteiger charge is 1.99. The predicted octanol–water partition coefficient (Wildman–Crippen LogP) is -3.51. The summed E-state index contributed by atoms with van der Waals surface area (Å²) >= 11 is 0. The summed E-state index contributed by atoms with van der Waals surface area (Å²) in [6.45, 7) is 1.49. The minimum Gasteiger partial charge on any atom is -0.412 e. The van der Waals surface area contributed by atoms with E-state index in [0.717, 1.165) is 38.8 Å². The maximum Gasteiger partial charge on any atom is 0.00397 e. The van der Waals surface area contributed by atoms with Gasteiger partial charge in [0.15, 0.2) is 0 Å². The Morgan fingerprint density at radius 3 is 1.21 bits per heavy atom. The van der Waals surface area contributed by atoms with Crippen molar-refractivity contribution in [1.82, 2.24) is 0 Å². The zero-order chi connectivity index (χ0) is 7.82. The van der Waals surface area contributed by atoms with Crippen LogP contribution in [0.1, 0.15) is 25.7 Å². The van der Waals surface area contributed by atoms with E-state index in [1.54, 1.807) is 0 Å². The molecule has 0 aliphatic carbocycles. The fourth-order valence-corrected chi connectivity index (χ4v) is 0.904. The van der Waals surface area contributed by atoms with E-state index in [4.69, 9.17) is 17.2 Å². The lowest BCUT2D eigenvalue weighted by molar-refractivity contribution is 0.534. The summed E-state index contributed by atoms with van der Waals surface area (Å²) in [7, 11) is 0. The molecule has 14 N–H and O–H groups in total. The second-order valence-electron chi connectivity index (χ2n) is 2.62. The van der Waals surface area contributed by atoms with Gasteiger partial charge in [-0.3, -0.25) is 0 Å². The van der Waals surface area contributed by atoms with Crippen LogP contribution in [0.15, 0.2) is 0 Å². The third-order valence-corrected chi connectivity index (χ3v) is 1.56. The van der Waals surface area contributed by atoms with Gasteiger partial charge in [-0.1, -0.05) is 0 Å². The molecular formula is C7H27N3O4. The molecule has 0 radical (unpaired) electrons. The third-order valence-electron chi connectivity index (χ3n) is 1.56. The van der Waals surface area contributed by atoms with E-state index in [0.29, 0.717) is 6.04 Å². The lowest BCUT2D eigenvalue weighted by Gasteiger charge is -2.08. The molecule has 0 saturated carbocycles. The van der Waals surface area contributed by atoms with E-state index >= 15 is 0 Å². The molecule has 0 aromatic heterocycles. The molecule has 0 bridgehead atoms. The Morgan fingerprint density at radius 1 is 0.714 bits per heavy atom. The van der Waals surface area contributed by atoms with Crippen molar-refractivity contribution in [1.29, 1.82) is 0 Å². The van der Waals surface area contributed by atoms with Gasteiger partial charge in [-0.15, -0.1) is 0 Å². The lowest BCUT2D eigenvalue weighted by Crippen LogP contribution is -2.22. The minimum absolute atomic E-state index is 0. The molecular weight excluding hydrogens is 190 g/mol. The van der Waals surface area contributed by atoms with Crippen molar-refractivity contribution in [3.05, 3.63) is 0 Å². The molecule has 0 heterocycles. The van der Waals surface area contributed by atoms with E-state index < -0.39 is 0 Å². The molecule has 0 aliphatic heterocycles. The largest absolute Gasteiger partial charge is 0.412 e. The highest BCUT2D eigenvalue weighted by atomic mass is 16.0.